The van der Waals surface area contributed by atoms with E-state index in [-0.39, 0.29) is 5.54 Å². The first kappa shape index (κ1) is 13.8. The molecule has 0 radical (unpaired) electrons. The number of hydrogen-bond donors (Lipinski definition) is 1. The molecule has 2 aromatic rings. The van der Waals surface area contributed by atoms with Crippen LogP contribution < -0.4 is 5.32 Å². The van der Waals surface area contributed by atoms with Crippen LogP contribution in [-0.4, -0.2) is 16.1 Å². The summed E-state index contributed by atoms with van der Waals surface area (Å²) in [6, 6.07) is 8.48. The fraction of sp³-hybridized carbons (Fsp3) is 0.438. The fourth-order valence-corrected chi connectivity index (χ4v) is 3.47. The Balaban J connectivity index is 1.98. The molecule has 0 spiro atoms. The highest BCUT2D eigenvalue weighted by Crippen LogP contribution is 2.31. The van der Waals surface area contributed by atoms with Crippen LogP contribution in [0.5, 0.6) is 0 Å². The van der Waals surface area contributed by atoms with E-state index in [1.165, 1.54) is 17.0 Å². The van der Waals surface area contributed by atoms with Crippen LogP contribution in [0.15, 0.2) is 35.1 Å². The van der Waals surface area contributed by atoms with E-state index in [2.05, 4.69) is 68.9 Å². The van der Waals surface area contributed by atoms with Crippen LogP contribution in [0.1, 0.15) is 37.2 Å². The summed E-state index contributed by atoms with van der Waals surface area (Å²) in [4.78, 5) is 4.63. The van der Waals surface area contributed by atoms with Gasteiger partial charge in [0.05, 0.1) is 23.3 Å². The van der Waals surface area contributed by atoms with Gasteiger partial charge in [0.25, 0.3) is 0 Å². The highest BCUT2D eigenvalue weighted by atomic mass is 79.9. The van der Waals surface area contributed by atoms with Gasteiger partial charge >= 0.3 is 0 Å². The Morgan fingerprint density at radius 1 is 1.45 bits per heavy atom. The summed E-state index contributed by atoms with van der Waals surface area (Å²) in [5, 5.41) is 3.65. The molecule has 0 bridgehead atoms. The van der Waals surface area contributed by atoms with Crippen molar-refractivity contribution >= 4 is 15.9 Å². The SMILES string of the molecule is CCC1(C)NCCc2ncn(Cc3cccc(Br)c3)c21. The third-order valence-corrected chi connectivity index (χ3v) is 4.76. The van der Waals surface area contributed by atoms with Crippen LogP contribution in [0.25, 0.3) is 0 Å². The number of nitrogens with zero attached hydrogens (tertiary/aromatic N) is 2. The van der Waals surface area contributed by atoms with Gasteiger partial charge in [0.15, 0.2) is 0 Å². The lowest BCUT2D eigenvalue weighted by Crippen LogP contribution is -2.45. The van der Waals surface area contributed by atoms with E-state index in [0.717, 1.165) is 30.4 Å². The molecule has 1 unspecified atom stereocenters. The first-order chi connectivity index (χ1) is 9.62. The Morgan fingerprint density at radius 2 is 2.30 bits per heavy atom. The number of hydrogen-bond acceptors (Lipinski definition) is 2. The van der Waals surface area contributed by atoms with Crippen molar-refractivity contribution in [2.75, 3.05) is 6.54 Å². The second kappa shape index (κ2) is 5.34. The Bertz CT molecular complexity index is 620. The number of halogens is 1. The Labute approximate surface area is 128 Å². The van der Waals surface area contributed by atoms with Gasteiger partial charge in [0.2, 0.25) is 0 Å². The van der Waals surface area contributed by atoms with Gasteiger partial charge in [-0.25, -0.2) is 4.98 Å². The molecular weight excluding hydrogens is 314 g/mol. The first-order valence-corrected chi connectivity index (χ1v) is 7.95. The number of aromatic nitrogens is 2. The van der Waals surface area contributed by atoms with Gasteiger partial charge in [-0.2, -0.15) is 0 Å². The van der Waals surface area contributed by atoms with Crippen molar-refractivity contribution in [3.05, 3.63) is 52.0 Å². The monoisotopic (exact) mass is 333 g/mol. The number of nitrogens with one attached hydrogen (secondary N) is 1. The average Bonchev–Trinajstić information content (AvgIpc) is 2.84. The molecule has 3 rings (SSSR count). The Hall–Kier alpha value is -1.13. The third kappa shape index (κ3) is 2.42. The van der Waals surface area contributed by atoms with E-state index >= 15 is 0 Å². The maximum Gasteiger partial charge on any atom is 0.0955 e. The van der Waals surface area contributed by atoms with E-state index in [1.54, 1.807) is 0 Å². The fourth-order valence-electron chi connectivity index (χ4n) is 3.03. The van der Waals surface area contributed by atoms with E-state index < -0.39 is 0 Å². The summed E-state index contributed by atoms with van der Waals surface area (Å²) >= 11 is 3.54. The lowest BCUT2D eigenvalue weighted by molar-refractivity contribution is 0.314. The van der Waals surface area contributed by atoms with E-state index in [9.17, 15) is 0 Å². The summed E-state index contributed by atoms with van der Waals surface area (Å²) < 4.78 is 3.42. The molecule has 20 heavy (non-hydrogen) atoms. The highest BCUT2D eigenvalue weighted by Gasteiger charge is 2.33. The van der Waals surface area contributed by atoms with Gasteiger partial charge in [-0.05, 0) is 31.0 Å². The van der Waals surface area contributed by atoms with Crippen molar-refractivity contribution in [2.24, 2.45) is 0 Å². The highest BCUT2D eigenvalue weighted by molar-refractivity contribution is 9.10. The smallest absolute Gasteiger partial charge is 0.0955 e. The second-order valence-electron chi connectivity index (χ2n) is 5.66. The van der Waals surface area contributed by atoms with Gasteiger partial charge in [-0.1, -0.05) is 35.0 Å². The van der Waals surface area contributed by atoms with Crippen LogP contribution in [-0.2, 0) is 18.5 Å². The Morgan fingerprint density at radius 3 is 3.05 bits per heavy atom. The van der Waals surface area contributed by atoms with Crippen molar-refractivity contribution in [3.8, 4) is 0 Å². The second-order valence-corrected chi connectivity index (χ2v) is 6.58. The predicted octanol–water partition coefficient (Wildman–Crippen LogP) is 3.46. The van der Waals surface area contributed by atoms with E-state index in [0.29, 0.717) is 0 Å². The molecular formula is C16H20BrN3. The zero-order chi connectivity index (χ0) is 14.2. The van der Waals surface area contributed by atoms with Gasteiger partial charge in [0.1, 0.15) is 0 Å². The molecule has 1 aliphatic rings. The largest absolute Gasteiger partial charge is 0.328 e. The molecule has 0 fully saturated rings. The van der Waals surface area contributed by atoms with Gasteiger partial charge < -0.3 is 9.88 Å². The topological polar surface area (TPSA) is 29.9 Å². The maximum absolute atomic E-state index is 4.63. The lowest BCUT2D eigenvalue weighted by Gasteiger charge is -2.35. The molecule has 2 heterocycles. The molecule has 1 aromatic heterocycles. The molecule has 3 nitrogen and oxygen atoms in total. The molecule has 0 saturated heterocycles. The molecule has 0 aliphatic carbocycles. The molecule has 1 N–H and O–H groups in total. The standard InChI is InChI=1S/C16H20BrN3/c1-3-16(2)15-14(7-8-19-16)18-11-20(15)10-12-5-4-6-13(17)9-12/h4-6,9,11,19H,3,7-8,10H2,1-2H3. The number of fused-ring (bicyclic) bond motifs is 1. The molecule has 1 aliphatic heterocycles. The van der Waals surface area contributed by atoms with Crippen LogP contribution in [0.2, 0.25) is 0 Å². The molecule has 1 atom stereocenters. The van der Waals surface area contributed by atoms with Gasteiger partial charge in [-0.3, -0.25) is 0 Å². The lowest BCUT2D eigenvalue weighted by atomic mass is 9.88. The Kier molecular flexibility index (Phi) is 3.69. The summed E-state index contributed by atoms with van der Waals surface area (Å²) in [6.07, 6.45) is 4.09. The van der Waals surface area contributed by atoms with Gasteiger partial charge in [0, 0.05) is 24.0 Å². The molecule has 106 valence electrons. The average molecular weight is 334 g/mol. The van der Waals surface area contributed by atoms with Crippen LogP contribution in [0.4, 0.5) is 0 Å². The van der Waals surface area contributed by atoms with Crippen LogP contribution >= 0.6 is 15.9 Å². The van der Waals surface area contributed by atoms with Crippen LogP contribution in [0.3, 0.4) is 0 Å². The summed E-state index contributed by atoms with van der Waals surface area (Å²) in [5.41, 5.74) is 3.94. The normalized spacial score (nSPS) is 21.8. The minimum atomic E-state index is 0.0378. The third-order valence-electron chi connectivity index (χ3n) is 4.26. The number of imidazole rings is 1. The maximum atomic E-state index is 4.63. The summed E-state index contributed by atoms with van der Waals surface area (Å²) in [7, 11) is 0. The van der Waals surface area contributed by atoms with Crippen molar-refractivity contribution in [1.29, 1.82) is 0 Å². The number of benzene rings is 1. The first-order valence-electron chi connectivity index (χ1n) is 7.16. The van der Waals surface area contributed by atoms with E-state index in [4.69, 9.17) is 0 Å². The molecule has 0 amide bonds. The van der Waals surface area contributed by atoms with Crippen molar-refractivity contribution in [2.45, 2.75) is 38.8 Å². The van der Waals surface area contributed by atoms with E-state index in [1.807, 2.05) is 6.33 Å². The predicted molar refractivity (Wildman–Crippen MR) is 84.8 cm³/mol. The molecule has 0 saturated carbocycles. The summed E-state index contributed by atoms with van der Waals surface area (Å²) in [6.45, 7) is 6.41. The quantitative estimate of drug-likeness (QED) is 0.932. The molecule has 1 aromatic carbocycles. The van der Waals surface area contributed by atoms with Crippen LogP contribution in [0, 0.1) is 0 Å². The minimum absolute atomic E-state index is 0.0378. The zero-order valence-electron chi connectivity index (χ0n) is 12.0. The zero-order valence-corrected chi connectivity index (χ0v) is 13.6. The van der Waals surface area contributed by atoms with Crippen molar-refractivity contribution in [3.63, 3.8) is 0 Å². The minimum Gasteiger partial charge on any atom is -0.328 e. The van der Waals surface area contributed by atoms with Crippen molar-refractivity contribution in [1.82, 2.24) is 14.9 Å². The van der Waals surface area contributed by atoms with Gasteiger partial charge in [-0.15, -0.1) is 0 Å². The molecule has 4 heteroatoms. The van der Waals surface area contributed by atoms with Crippen molar-refractivity contribution < 1.29 is 0 Å². The summed E-state index contributed by atoms with van der Waals surface area (Å²) in [5.74, 6) is 0. The number of rotatable bonds is 3.